The van der Waals surface area contributed by atoms with Crippen LogP contribution in [0.15, 0.2) is 48.5 Å². The number of halogens is 3. The van der Waals surface area contributed by atoms with Gasteiger partial charge >= 0.3 is 6.18 Å². The summed E-state index contributed by atoms with van der Waals surface area (Å²) in [5.41, 5.74) is 7.71. The highest BCUT2D eigenvalue weighted by Crippen LogP contribution is 2.31. The molecular formula is C16H16F3N. The van der Waals surface area contributed by atoms with E-state index in [1.165, 1.54) is 12.1 Å². The molecule has 0 amide bonds. The van der Waals surface area contributed by atoms with Crippen LogP contribution in [0, 0.1) is 0 Å². The van der Waals surface area contributed by atoms with E-state index in [1.807, 2.05) is 24.3 Å². The number of hydrogen-bond donors (Lipinski definition) is 1. The third-order valence-electron chi connectivity index (χ3n) is 3.14. The highest BCUT2D eigenvalue weighted by atomic mass is 19.4. The zero-order chi connectivity index (χ0) is 14.6. The third-order valence-corrected chi connectivity index (χ3v) is 3.14. The lowest BCUT2D eigenvalue weighted by Gasteiger charge is -2.09. The van der Waals surface area contributed by atoms with Gasteiger partial charge in [-0.05, 0) is 48.2 Å². The summed E-state index contributed by atoms with van der Waals surface area (Å²) in [6, 6.07) is 13.1. The molecule has 0 atom stereocenters. The van der Waals surface area contributed by atoms with Crippen LogP contribution in [0.1, 0.15) is 17.5 Å². The van der Waals surface area contributed by atoms with Crippen LogP contribution < -0.4 is 5.73 Å². The van der Waals surface area contributed by atoms with Crippen molar-refractivity contribution in [3.05, 3.63) is 59.7 Å². The summed E-state index contributed by atoms with van der Waals surface area (Å²) >= 11 is 0. The molecule has 0 heterocycles. The molecule has 0 saturated carbocycles. The zero-order valence-corrected chi connectivity index (χ0v) is 11.0. The summed E-state index contributed by atoms with van der Waals surface area (Å²) in [6.45, 7) is 0.629. The standard InChI is InChI=1S/C16H16F3N/c17-16(18,19)15-8-6-13(7-9-15)14-5-1-3-12(11-14)4-2-10-20/h1,3,5-9,11H,2,4,10,20H2. The van der Waals surface area contributed by atoms with Crippen molar-refractivity contribution in [3.8, 4) is 11.1 Å². The SMILES string of the molecule is NCCCc1cccc(-c2ccc(C(F)(F)F)cc2)c1. The van der Waals surface area contributed by atoms with Gasteiger partial charge in [-0.1, -0.05) is 36.4 Å². The number of nitrogens with two attached hydrogens (primary N) is 1. The molecule has 106 valence electrons. The Morgan fingerprint density at radius 2 is 1.60 bits per heavy atom. The first kappa shape index (κ1) is 14.6. The van der Waals surface area contributed by atoms with Crippen LogP contribution in [0.4, 0.5) is 13.2 Å². The van der Waals surface area contributed by atoms with Crippen LogP contribution in [-0.4, -0.2) is 6.54 Å². The largest absolute Gasteiger partial charge is 0.416 e. The van der Waals surface area contributed by atoms with Crippen molar-refractivity contribution >= 4 is 0 Å². The molecule has 0 unspecified atom stereocenters. The average molecular weight is 279 g/mol. The second-order valence-electron chi connectivity index (χ2n) is 4.67. The molecule has 0 aliphatic rings. The molecule has 0 bridgehead atoms. The van der Waals surface area contributed by atoms with Crippen LogP contribution in [0.25, 0.3) is 11.1 Å². The maximum Gasteiger partial charge on any atom is 0.416 e. The quantitative estimate of drug-likeness (QED) is 0.889. The molecule has 0 aromatic heterocycles. The number of alkyl halides is 3. The second-order valence-corrected chi connectivity index (χ2v) is 4.67. The van der Waals surface area contributed by atoms with Gasteiger partial charge in [0.05, 0.1) is 5.56 Å². The van der Waals surface area contributed by atoms with Crippen molar-refractivity contribution in [3.63, 3.8) is 0 Å². The molecule has 0 aliphatic heterocycles. The highest BCUT2D eigenvalue weighted by Gasteiger charge is 2.29. The van der Waals surface area contributed by atoms with Crippen molar-refractivity contribution in [2.24, 2.45) is 5.73 Å². The monoisotopic (exact) mass is 279 g/mol. The van der Waals surface area contributed by atoms with E-state index >= 15 is 0 Å². The summed E-state index contributed by atoms with van der Waals surface area (Å²) in [7, 11) is 0. The van der Waals surface area contributed by atoms with E-state index < -0.39 is 11.7 Å². The molecule has 0 saturated heterocycles. The number of benzene rings is 2. The predicted molar refractivity (Wildman–Crippen MR) is 74.3 cm³/mol. The first-order chi connectivity index (χ1) is 9.50. The summed E-state index contributed by atoms with van der Waals surface area (Å²) in [4.78, 5) is 0. The Kier molecular flexibility index (Phi) is 4.45. The fourth-order valence-corrected chi connectivity index (χ4v) is 2.06. The smallest absolute Gasteiger partial charge is 0.330 e. The molecule has 2 rings (SSSR count). The van der Waals surface area contributed by atoms with Gasteiger partial charge in [-0.2, -0.15) is 13.2 Å². The van der Waals surface area contributed by atoms with Gasteiger partial charge in [0.15, 0.2) is 0 Å². The molecule has 2 aromatic carbocycles. The number of aryl methyl sites for hydroxylation is 1. The van der Waals surface area contributed by atoms with E-state index in [2.05, 4.69) is 0 Å². The van der Waals surface area contributed by atoms with Crippen molar-refractivity contribution in [2.75, 3.05) is 6.54 Å². The molecule has 2 N–H and O–H groups in total. The molecule has 4 heteroatoms. The normalized spacial score (nSPS) is 11.6. The van der Waals surface area contributed by atoms with Crippen LogP contribution in [0.3, 0.4) is 0 Å². The van der Waals surface area contributed by atoms with Crippen molar-refractivity contribution in [1.82, 2.24) is 0 Å². The lowest BCUT2D eigenvalue weighted by atomic mass is 10.00. The lowest BCUT2D eigenvalue weighted by molar-refractivity contribution is -0.137. The van der Waals surface area contributed by atoms with E-state index in [1.54, 1.807) is 0 Å². The minimum Gasteiger partial charge on any atom is -0.330 e. The minimum atomic E-state index is -4.29. The maximum absolute atomic E-state index is 12.5. The molecule has 0 fully saturated rings. The van der Waals surface area contributed by atoms with E-state index in [-0.39, 0.29) is 0 Å². The summed E-state index contributed by atoms with van der Waals surface area (Å²) in [6.07, 6.45) is -2.51. The van der Waals surface area contributed by atoms with Gasteiger partial charge in [-0.25, -0.2) is 0 Å². The van der Waals surface area contributed by atoms with Gasteiger partial charge in [0, 0.05) is 0 Å². The van der Waals surface area contributed by atoms with Crippen molar-refractivity contribution in [1.29, 1.82) is 0 Å². The van der Waals surface area contributed by atoms with Crippen molar-refractivity contribution < 1.29 is 13.2 Å². The fraction of sp³-hybridized carbons (Fsp3) is 0.250. The van der Waals surface area contributed by atoms with E-state index in [9.17, 15) is 13.2 Å². The fourth-order valence-electron chi connectivity index (χ4n) is 2.06. The lowest BCUT2D eigenvalue weighted by Crippen LogP contribution is -2.04. The van der Waals surface area contributed by atoms with Crippen molar-refractivity contribution in [2.45, 2.75) is 19.0 Å². The Morgan fingerprint density at radius 3 is 2.20 bits per heavy atom. The Labute approximate surface area is 116 Å². The molecule has 2 aromatic rings. The summed E-state index contributed by atoms with van der Waals surface area (Å²) in [5, 5.41) is 0. The Balaban J connectivity index is 2.23. The average Bonchev–Trinajstić information content (AvgIpc) is 2.45. The van der Waals surface area contributed by atoms with Gasteiger partial charge < -0.3 is 5.73 Å². The highest BCUT2D eigenvalue weighted by molar-refractivity contribution is 5.64. The Hall–Kier alpha value is -1.81. The van der Waals surface area contributed by atoms with Crippen LogP contribution in [-0.2, 0) is 12.6 Å². The third kappa shape index (κ3) is 3.61. The van der Waals surface area contributed by atoms with Gasteiger partial charge in [0.25, 0.3) is 0 Å². The Morgan fingerprint density at radius 1 is 0.900 bits per heavy atom. The minimum absolute atomic E-state index is 0.625. The summed E-state index contributed by atoms with van der Waals surface area (Å²) < 4.78 is 37.5. The molecular weight excluding hydrogens is 263 g/mol. The summed E-state index contributed by atoms with van der Waals surface area (Å²) in [5.74, 6) is 0. The van der Waals surface area contributed by atoms with E-state index in [4.69, 9.17) is 5.73 Å². The predicted octanol–water partition coefficient (Wildman–Crippen LogP) is 4.26. The van der Waals surface area contributed by atoms with Crippen LogP contribution in [0.5, 0.6) is 0 Å². The van der Waals surface area contributed by atoms with E-state index in [0.717, 1.165) is 41.7 Å². The van der Waals surface area contributed by atoms with Crippen LogP contribution in [0.2, 0.25) is 0 Å². The topological polar surface area (TPSA) is 26.0 Å². The second kappa shape index (κ2) is 6.09. The molecule has 0 spiro atoms. The maximum atomic E-state index is 12.5. The van der Waals surface area contributed by atoms with Crippen LogP contribution >= 0.6 is 0 Å². The molecule has 0 aliphatic carbocycles. The van der Waals surface area contributed by atoms with Gasteiger partial charge in [0.1, 0.15) is 0 Å². The molecule has 1 nitrogen and oxygen atoms in total. The van der Waals surface area contributed by atoms with Gasteiger partial charge in [-0.3, -0.25) is 0 Å². The number of rotatable bonds is 4. The van der Waals surface area contributed by atoms with E-state index in [0.29, 0.717) is 6.54 Å². The van der Waals surface area contributed by atoms with Gasteiger partial charge in [0.2, 0.25) is 0 Å². The first-order valence-corrected chi connectivity index (χ1v) is 6.47. The number of hydrogen-bond acceptors (Lipinski definition) is 1. The zero-order valence-electron chi connectivity index (χ0n) is 11.0. The first-order valence-electron chi connectivity index (χ1n) is 6.47. The Bertz CT molecular complexity index is 559. The molecule has 20 heavy (non-hydrogen) atoms. The van der Waals surface area contributed by atoms with Gasteiger partial charge in [-0.15, -0.1) is 0 Å². The molecule has 0 radical (unpaired) electrons.